The van der Waals surface area contributed by atoms with Crippen molar-refractivity contribution in [3.05, 3.63) is 24.2 Å². The molecule has 2 heteroatoms. The molecular weight excluding hydrogens is 162 g/mol. The van der Waals surface area contributed by atoms with Crippen molar-refractivity contribution in [2.75, 3.05) is 6.54 Å². The molecule has 0 bridgehead atoms. The molecule has 0 aliphatic rings. The highest BCUT2D eigenvalue weighted by Crippen LogP contribution is 2.05. The van der Waals surface area contributed by atoms with E-state index in [4.69, 9.17) is 4.42 Å². The largest absolute Gasteiger partial charge is 0.469 e. The van der Waals surface area contributed by atoms with Gasteiger partial charge in [-0.1, -0.05) is 6.92 Å². The maximum Gasteiger partial charge on any atom is 0.103 e. The summed E-state index contributed by atoms with van der Waals surface area (Å²) in [5.41, 5.74) is 0. The van der Waals surface area contributed by atoms with Gasteiger partial charge >= 0.3 is 0 Å². The molecule has 0 spiro atoms. The zero-order chi connectivity index (χ0) is 9.52. The fourth-order valence-corrected chi connectivity index (χ4v) is 1.31. The molecule has 0 amide bonds. The van der Waals surface area contributed by atoms with Crippen LogP contribution in [0.3, 0.4) is 0 Å². The van der Waals surface area contributed by atoms with E-state index in [2.05, 4.69) is 19.2 Å². The first-order chi connectivity index (χ1) is 6.33. The average Bonchev–Trinajstić information content (AvgIpc) is 2.64. The van der Waals surface area contributed by atoms with Crippen LogP contribution in [0.5, 0.6) is 0 Å². The molecule has 0 aromatic carbocycles. The summed E-state index contributed by atoms with van der Waals surface area (Å²) in [7, 11) is 0. The summed E-state index contributed by atoms with van der Waals surface area (Å²) in [6, 6.07) is 4.57. The Kier molecular flexibility index (Phi) is 4.61. The highest BCUT2D eigenvalue weighted by Gasteiger charge is 2.02. The Hall–Kier alpha value is -0.760. The monoisotopic (exact) mass is 181 g/mol. The molecule has 0 fully saturated rings. The molecule has 0 aliphatic heterocycles. The molecule has 1 atom stereocenters. The normalized spacial score (nSPS) is 13.1. The van der Waals surface area contributed by atoms with E-state index in [-0.39, 0.29) is 0 Å². The van der Waals surface area contributed by atoms with E-state index in [0.717, 1.165) is 25.1 Å². The topological polar surface area (TPSA) is 25.2 Å². The lowest BCUT2D eigenvalue weighted by atomic mass is 10.1. The third-order valence-corrected chi connectivity index (χ3v) is 2.15. The minimum Gasteiger partial charge on any atom is -0.469 e. The standard InChI is InChI=1S/C11H19NO/c1-3-8-12-10(2)6-7-11-5-4-9-13-11/h4-5,9-10,12H,3,6-8H2,1-2H3. The van der Waals surface area contributed by atoms with Crippen LogP contribution in [0.2, 0.25) is 0 Å². The van der Waals surface area contributed by atoms with Gasteiger partial charge in [-0.2, -0.15) is 0 Å². The van der Waals surface area contributed by atoms with Crippen molar-refractivity contribution in [2.24, 2.45) is 0 Å². The van der Waals surface area contributed by atoms with Crippen LogP contribution in [0.25, 0.3) is 0 Å². The molecule has 1 N–H and O–H groups in total. The highest BCUT2D eigenvalue weighted by atomic mass is 16.3. The molecule has 13 heavy (non-hydrogen) atoms. The molecule has 1 unspecified atom stereocenters. The maximum absolute atomic E-state index is 5.26. The van der Waals surface area contributed by atoms with Crippen molar-refractivity contribution < 1.29 is 4.42 Å². The smallest absolute Gasteiger partial charge is 0.103 e. The molecule has 1 aromatic rings. The Labute approximate surface area is 80.3 Å². The van der Waals surface area contributed by atoms with Gasteiger partial charge in [0.1, 0.15) is 5.76 Å². The lowest BCUT2D eigenvalue weighted by Crippen LogP contribution is -2.26. The van der Waals surface area contributed by atoms with Gasteiger partial charge < -0.3 is 9.73 Å². The summed E-state index contributed by atoms with van der Waals surface area (Å²) < 4.78 is 5.26. The van der Waals surface area contributed by atoms with Crippen molar-refractivity contribution in [2.45, 2.75) is 39.2 Å². The van der Waals surface area contributed by atoms with Crippen LogP contribution in [0, 0.1) is 0 Å². The Bertz CT molecular complexity index is 206. The van der Waals surface area contributed by atoms with Gasteiger partial charge in [-0.25, -0.2) is 0 Å². The quantitative estimate of drug-likeness (QED) is 0.729. The van der Waals surface area contributed by atoms with Gasteiger partial charge in [0.2, 0.25) is 0 Å². The highest BCUT2D eigenvalue weighted by molar-refractivity contribution is 4.98. The third-order valence-electron chi connectivity index (χ3n) is 2.15. The summed E-state index contributed by atoms with van der Waals surface area (Å²) >= 11 is 0. The third kappa shape index (κ3) is 4.13. The molecule has 74 valence electrons. The van der Waals surface area contributed by atoms with E-state index in [9.17, 15) is 0 Å². The number of nitrogens with one attached hydrogen (secondary N) is 1. The van der Waals surface area contributed by atoms with Crippen molar-refractivity contribution >= 4 is 0 Å². The minimum absolute atomic E-state index is 0.588. The maximum atomic E-state index is 5.26. The van der Waals surface area contributed by atoms with Gasteiger partial charge in [0.05, 0.1) is 6.26 Å². The number of hydrogen-bond acceptors (Lipinski definition) is 2. The van der Waals surface area contributed by atoms with Crippen LogP contribution >= 0.6 is 0 Å². The first-order valence-electron chi connectivity index (χ1n) is 5.08. The van der Waals surface area contributed by atoms with Crippen molar-refractivity contribution in [3.8, 4) is 0 Å². The molecule has 2 nitrogen and oxygen atoms in total. The predicted octanol–water partition coefficient (Wildman–Crippen LogP) is 2.60. The second-order valence-corrected chi connectivity index (χ2v) is 3.47. The second-order valence-electron chi connectivity index (χ2n) is 3.47. The lowest BCUT2D eigenvalue weighted by Gasteiger charge is -2.11. The zero-order valence-corrected chi connectivity index (χ0v) is 8.55. The second kappa shape index (κ2) is 5.81. The molecule has 0 radical (unpaired) electrons. The van der Waals surface area contributed by atoms with E-state index in [1.54, 1.807) is 6.26 Å². The van der Waals surface area contributed by atoms with Gasteiger partial charge in [0.15, 0.2) is 0 Å². The number of rotatable bonds is 6. The zero-order valence-electron chi connectivity index (χ0n) is 8.55. The molecule has 1 aromatic heterocycles. The van der Waals surface area contributed by atoms with E-state index in [1.165, 1.54) is 6.42 Å². The summed E-state index contributed by atoms with van der Waals surface area (Å²) in [6.45, 7) is 5.52. The lowest BCUT2D eigenvalue weighted by molar-refractivity contribution is 0.460. The summed E-state index contributed by atoms with van der Waals surface area (Å²) in [5, 5.41) is 3.45. The first-order valence-corrected chi connectivity index (χ1v) is 5.08. The van der Waals surface area contributed by atoms with Crippen molar-refractivity contribution in [1.29, 1.82) is 0 Å². The Morgan fingerprint density at radius 1 is 1.54 bits per heavy atom. The van der Waals surface area contributed by atoms with Crippen LogP contribution < -0.4 is 5.32 Å². The van der Waals surface area contributed by atoms with E-state index < -0.39 is 0 Å². The molecule has 1 heterocycles. The Morgan fingerprint density at radius 3 is 3.00 bits per heavy atom. The molecule has 0 aliphatic carbocycles. The van der Waals surface area contributed by atoms with Crippen LogP contribution in [0.15, 0.2) is 22.8 Å². The summed E-state index contributed by atoms with van der Waals surface area (Å²) in [5.74, 6) is 1.09. The van der Waals surface area contributed by atoms with Gasteiger partial charge in [-0.3, -0.25) is 0 Å². The van der Waals surface area contributed by atoms with Crippen LogP contribution in [-0.2, 0) is 6.42 Å². The van der Waals surface area contributed by atoms with Gasteiger partial charge in [-0.15, -0.1) is 0 Å². The van der Waals surface area contributed by atoms with Crippen LogP contribution in [-0.4, -0.2) is 12.6 Å². The minimum atomic E-state index is 0.588. The van der Waals surface area contributed by atoms with Gasteiger partial charge in [0, 0.05) is 12.5 Å². The molecule has 1 rings (SSSR count). The SMILES string of the molecule is CCCNC(C)CCc1ccco1. The fourth-order valence-electron chi connectivity index (χ4n) is 1.31. The van der Waals surface area contributed by atoms with Crippen LogP contribution in [0.4, 0.5) is 0 Å². The van der Waals surface area contributed by atoms with Crippen molar-refractivity contribution in [1.82, 2.24) is 5.32 Å². The summed E-state index contributed by atoms with van der Waals surface area (Å²) in [6.07, 6.45) is 5.11. The molecular formula is C11H19NO. The van der Waals surface area contributed by atoms with Crippen molar-refractivity contribution in [3.63, 3.8) is 0 Å². The number of aryl methyl sites for hydroxylation is 1. The average molecular weight is 181 g/mol. The number of hydrogen-bond donors (Lipinski definition) is 1. The van der Waals surface area contributed by atoms with Crippen LogP contribution in [0.1, 0.15) is 32.4 Å². The van der Waals surface area contributed by atoms with E-state index in [1.807, 2.05) is 12.1 Å². The number of furan rings is 1. The summed E-state index contributed by atoms with van der Waals surface area (Å²) in [4.78, 5) is 0. The van der Waals surface area contributed by atoms with E-state index >= 15 is 0 Å². The van der Waals surface area contributed by atoms with E-state index in [0.29, 0.717) is 6.04 Å². The molecule has 0 saturated heterocycles. The Balaban J connectivity index is 2.11. The first kappa shape index (κ1) is 10.3. The van der Waals surface area contributed by atoms with Gasteiger partial charge in [0.25, 0.3) is 0 Å². The predicted molar refractivity (Wildman–Crippen MR) is 54.8 cm³/mol. The molecule has 0 saturated carbocycles. The fraction of sp³-hybridized carbons (Fsp3) is 0.636. The Morgan fingerprint density at radius 2 is 2.38 bits per heavy atom. The van der Waals surface area contributed by atoms with Gasteiger partial charge in [-0.05, 0) is 38.4 Å².